The lowest BCUT2D eigenvalue weighted by Gasteiger charge is -2.15. The molecule has 7 nitrogen and oxygen atoms in total. The lowest BCUT2D eigenvalue weighted by Crippen LogP contribution is -2.20. The van der Waals surface area contributed by atoms with Crippen molar-refractivity contribution in [2.45, 2.75) is 39.2 Å². The van der Waals surface area contributed by atoms with E-state index in [2.05, 4.69) is 14.5 Å². The molecule has 31 heavy (non-hydrogen) atoms. The zero-order valence-electron chi connectivity index (χ0n) is 18.3. The molecule has 1 aromatic carbocycles. The SMILES string of the molecule is CCOc1ccc(-c2nc3cc(C(=O)OC)cnc3n2CCCCN2CCCC2)cc1. The molecule has 0 amide bonds. The van der Waals surface area contributed by atoms with Crippen LogP contribution in [-0.4, -0.2) is 58.8 Å². The number of likely N-dealkylation sites (tertiary alicyclic amines) is 1. The second-order valence-electron chi connectivity index (χ2n) is 7.86. The van der Waals surface area contributed by atoms with Gasteiger partial charge in [-0.05, 0) is 82.6 Å². The van der Waals surface area contributed by atoms with Crippen LogP contribution in [0.5, 0.6) is 5.75 Å². The summed E-state index contributed by atoms with van der Waals surface area (Å²) < 4.78 is 12.6. The van der Waals surface area contributed by atoms with Crippen molar-refractivity contribution >= 4 is 17.1 Å². The first-order valence-electron chi connectivity index (χ1n) is 11.1. The van der Waals surface area contributed by atoms with Gasteiger partial charge in [-0.2, -0.15) is 0 Å². The number of pyridine rings is 1. The Morgan fingerprint density at radius 3 is 2.55 bits per heavy atom. The summed E-state index contributed by atoms with van der Waals surface area (Å²) in [6, 6.07) is 9.72. The molecule has 1 aliphatic heterocycles. The van der Waals surface area contributed by atoms with Crippen LogP contribution in [0.3, 0.4) is 0 Å². The van der Waals surface area contributed by atoms with Crippen LogP contribution in [0.15, 0.2) is 36.5 Å². The molecule has 4 rings (SSSR count). The lowest BCUT2D eigenvalue weighted by molar-refractivity contribution is 0.0600. The highest BCUT2D eigenvalue weighted by Crippen LogP contribution is 2.27. The highest BCUT2D eigenvalue weighted by molar-refractivity contribution is 5.92. The summed E-state index contributed by atoms with van der Waals surface area (Å²) in [6.07, 6.45) is 6.40. The number of aryl methyl sites for hydroxylation is 1. The topological polar surface area (TPSA) is 69.5 Å². The predicted octanol–water partition coefficient (Wildman–Crippen LogP) is 4.16. The van der Waals surface area contributed by atoms with Gasteiger partial charge in [-0.1, -0.05) is 0 Å². The predicted molar refractivity (Wildman–Crippen MR) is 120 cm³/mol. The zero-order chi connectivity index (χ0) is 21.6. The number of benzene rings is 1. The van der Waals surface area contributed by atoms with Crippen molar-refractivity contribution in [3.63, 3.8) is 0 Å². The summed E-state index contributed by atoms with van der Waals surface area (Å²) in [6.45, 7) is 7.03. The van der Waals surface area contributed by atoms with Gasteiger partial charge >= 0.3 is 5.97 Å². The normalized spacial score (nSPS) is 14.3. The van der Waals surface area contributed by atoms with Crippen molar-refractivity contribution in [1.29, 1.82) is 0 Å². The average molecular weight is 423 g/mol. The van der Waals surface area contributed by atoms with Gasteiger partial charge in [0.1, 0.15) is 17.1 Å². The Kier molecular flexibility index (Phi) is 6.82. The zero-order valence-corrected chi connectivity index (χ0v) is 18.3. The van der Waals surface area contributed by atoms with E-state index in [1.165, 1.54) is 33.0 Å². The molecule has 0 N–H and O–H groups in total. The van der Waals surface area contributed by atoms with E-state index in [9.17, 15) is 4.79 Å². The third-order valence-corrected chi connectivity index (χ3v) is 5.73. The molecular formula is C24H30N4O3. The third-order valence-electron chi connectivity index (χ3n) is 5.73. The van der Waals surface area contributed by atoms with Crippen molar-refractivity contribution in [3.05, 3.63) is 42.1 Å². The second kappa shape index (κ2) is 9.92. The van der Waals surface area contributed by atoms with Crippen LogP contribution in [0.1, 0.15) is 43.0 Å². The molecule has 3 heterocycles. The summed E-state index contributed by atoms with van der Waals surface area (Å²) in [5.74, 6) is 1.29. The Morgan fingerprint density at radius 2 is 1.84 bits per heavy atom. The second-order valence-corrected chi connectivity index (χ2v) is 7.86. The monoisotopic (exact) mass is 422 g/mol. The quantitative estimate of drug-likeness (QED) is 0.381. The number of aromatic nitrogens is 3. The Labute approximate surface area is 183 Å². The molecule has 7 heteroatoms. The van der Waals surface area contributed by atoms with Crippen molar-refractivity contribution in [3.8, 4) is 17.1 Å². The standard InChI is InChI=1S/C24H30N4O3/c1-3-31-20-10-8-18(9-11-20)22-26-21-16-19(24(29)30-2)17-25-23(21)28(22)15-7-6-14-27-12-4-5-13-27/h8-11,16-17H,3-7,12-15H2,1-2H3. The number of nitrogens with zero attached hydrogens (tertiary/aromatic N) is 4. The fourth-order valence-corrected chi connectivity index (χ4v) is 4.15. The number of fused-ring (bicyclic) bond motifs is 1. The van der Waals surface area contributed by atoms with E-state index in [4.69, 9.17) is 14.5 Å². The van der Waals surface area contributed by atoms with E-state index >= 15 is 0 Å². The number of carbonyl (C=O) groups excluding carboxylic acids is 1. The number of ether oxygens (including phenoxy) is 2. The van der Waals surface area contributed by atoms with E-state index in [-0.39, 0.29) is 0 Å². The number of imidazole rings is 1. The molecular weight excluding hydrogens is 392 g/mol. The molecule has 164 valence electrons. The summed E-state index contributed by atoms with van der Waals surface area (Å²) in [5.41, 5.74) is 2.90. The fraction of sp³-hybridized carbons (Fsp3) is 0.458. The first-order chi connectivity index (χ1) is 15.2. The first kappa shape index (κ1) is 21.3. The van der Waals surface area contributed by atoms with E-state index < -0.39 is 5.97 Å². The Morgan fingerprint density at radius 1 is 1.10 bits per heavy atom. The van der Waals surface area contributed by atoms with Crippen LogP contribution in [-0.2, 0) is 11.3 Å². The van der Waals surface area contributed by atoms with Crippen LogP contribution in [0.25, 0.3) is 22.6 Å². The third kappa shape index (κ3) is 4.88. The molecule has 0 aliphatic carbocycles. The first-order valence-corrected chi connectivity index (χ1v) is 11.1. The van der Waals surface area contributed by atoms with Crippen LogP contribution < -0.4 is 4.74 Å². The van der Waals surface area contributed by atoms with Crippen molar-refractivity contribution in [1.82, 2.24) is 19.4 Å². The van der Waals surface area contributed by atoms with Gasteiger partial charge in [0.25, 0.3) is 0 Å². The van der Waals surface area contributed by atoms with Gasteiger partial charge in [0, 0.05) is 18.3 Å². The molecule has 1 aliphatic rings. The lowest BCUT2D eigenvalue weighted by atomic mass is 10.2. The van der Waals surface area contributed by atoms with Gasteiger partial charge in [0.2, 0.25) is 0 Å². The van der Waals surface area contributed by atoms with Crippen molar-refractivity contribution in [2.75, 3.05) is 33.4 Å². The number of carbonyl (C=O) groups is 1. The van der Waals surface area contributed by atoms with Crippen molar-refractivity contribution in [2.24, 2.45) is 0 Å². The van der Waals surface area contributed by atoms with Crippen LogP contribution >= 0.6 is 0 Å². The van der Waals surface area contributed by atoms with E-state index in [0.29, 0.717) is 17.7 Å². The Hall–Kier alpha value is -2.93. The molecule has 0 atom stereocenters. The summed E-state index contributed by atoms with van der Waals surface area (Å²) in [5, 5.41) is 0. The molecule has 0 unspecified atom stereocenters. The number of hydrogen-bond donors (Lipinski definition) is 0. The minimum absolute atomic E-state index is 0.405. The van der Waals surface area contributed by atoms with E-state index in [1.54, 1.807) is 12.3 Å². The molecule has 1 fully saturated rings. The molecule has 0 radical (unpaired) electrons. The summed E-state index contributed by atoms with van der Waals surface area (Å²) in [4.78, 5) is 23.9. The van der Waals surface area contributed by atoms with E-state index in [1.807, 2.05) is 31.2 Å². The number of esters is 1. The number of unbranched alkanes of at least 4 members (excludes halogenated alkanes) is 1. The molecule has 0 bridgehead atoms. The minimum atomic E-state index is -0.405. The number of methoxy groups -OCH3 is 1. The van der Waals surface area contributed by atoms with Gasteiger partial charge in [-0.25, -0.2) is 14.8 Å². The maximum Gasteiger partial charge on any atom is 0.339 e. The highest BCUT2D eigenvalue weighted by atomic mass is 16.5. The van der Waals surface area contributed by atoms with E-state index in [0.717, 1.165) is 48.7 Å². The van der Waals surface area contributed by atoms with Gasteiger partial charge in [0.15, 0.2) is 5.65 Å². The highest BCUT2D eigenvalue weighted by Gasteiger charge is 2.17. The van der Waals surface area contributed by atoms with Gasteiger partial charge < -0.3 is 18.9 Å². The largest absolute Gasteiger partial charge is 0.494 e. The summed E-state index contributed by atoms with van der Waals surface area (Å²) >= 11 is 0. The number of hydrogen-bond acceptors (Lipinski definition) is 6. The van der Waals surface area contributed by atoms with Gasteiger partial charge in [-0.15, -0.1) is 0 Å². The molecule has 0 saturated carbocycles. The van der Waals surface area contributed by atoms with Crippen LogP contribution in [0, 0.1) is 0 Å². The van der Waals surface area contributed by atoms with Crippen LogP contribution in [0.2, 0.25) is 0 Å². The molecule has 1 saturated heterocycles. The van der Waals surface area contributed by atoms with Crippen LogP contribution in [0.4, 0.5) is 0 Å². The average Bonchev–Trinajstić information content (AvgIpc) is 3.44. The fourth-order valence-electron chi connectivity index (χ4n) is 4.15. The maximum absolute atomic E-state index is 11.9. The maximum atomic E-state index is 11.9. The molecule has 3 aromatic rings. The summed E-state index contributed by atoms with van der Waals surface area (Å²) in [7, 11) is 1.37. The smallest absolute Gasteiger partial charge is 0.339 e. The van der Waals surface area contributed by atoms with Gasteiger partial charge in [-0.3, -0.25) is 0 Å². The van der Waals surface area contributed by atoms with Crippen molar-refractivity contribution < 1.29 is 14.3 Å². The van der Waals surface area contributed by atoms with Gasteiger partial charge in [0.05, 0.1) is 19.3 Å². The Bertz CT molecular complexity index is 1020. The molecule has 0 spiro atoms. The number of rotatable bonds is 9. The molecule has 2 aromatic heterocycles. The Balaban J connectivity index is 1.61. The minimum Gasteiger partial charge on any atom is -0.494 e.